The van der Waals surface area contributed by atoms with Crippen molar-refractivity contribution in [2.24, 2.45) is 50.2 Å². The summed E-state index contributed by atoms with van der Waals surface area (Å²) in [6.45, 7) is 14.1. The fraction of sp³-hybridized carbons (Fsp3) is 0.873. The molecule has 8 rings (SSSR count). The van der Waals surface area contributed by atoms with Crippen LogP contribution in [0, 0.1) is 50.2 Å². The number of carboxylic acid groups (broad SMARTS) is 1. The molecule has 0 radical (unpaired) electrons. The molecule has 24 heteroatoms. The van der Waals surface area contributed by atoms with Gasteiger partial charge in [-0.3, -0.25) is 4.79 Å². The van der Waals surface area contributed by atoms with Gasteiger partial charge in [0.05, 0.1) is 44.1 Å². The number of aliphatic hydroxyl groups is 12. The molecule has 27 atom stereocenters. The average molecular weight is 1130 g/mol. The largest absolute Gasteiger partial charge is 0.479 e. The van der Waals surface area contributed by atoms with Crippen LogP contribution >= 0.6 is 0 Å². The molecule has 79 heavy (non-hydrogen) atoms. The fourth-order valence-electron chi connectivity index (χ4n) is 16.2. The number of carbonyl (C=O) groups excluding carboxylic acids is 2. The van der Waals surface area contributed by atoms with Gasteiger partial charge in [0.15, 0.2) is 25.0 Å². The molecule has 3 aliphatic heterocycles. The van der Waals surface area contributed by atoms with Gasteiger partial charge in [0.25, 0.3) is 0 Å². The van der Waals surface area contributed by atoms with E-state index >= 15 is 0 Å². The molecular weight excluding hydrogens is 1040 g/mol. The highest BCUT2D eigenvalue weighted by atomic mass is 16.8. The van der Waals surface area contributed by atoms with Crippen molar-refractivity contribution in [1.82, 2.24) is 0 Å². The molecule has 0 bridgehead atoms. The first-order valence-corrected chi connectivity index (χ1v) is 27.7. The van der Waals surface area contributed by atoms with Crippen molar-refractivity contribution in [2.75, 3.05) is 26.4 Å². The van der Waals surface area contributed by atoms with E-state index in [-0.39, 0.29) is 24.7 Å². The van der Waals surface area contributed by atoms with Gasteiger partial charge in [-0.15, -0.1) is 0 Å². The average Bonchev–Trinajstić information content (AvgIpc) is 3.29. The van der Waals surface area contributed by atoms with Gasteiger partial charge in [-0.25, -0.2) is 9.59 Å². The third kappa shape index (κ3) is 9.94. The maximum atomic E-state index is 13.4. The summed E-state index contributed by atoms with van der Waals surface area (Å²) >= 11 is 0. The molecule has 8 aliphatic rings. The summed E-state index contributed by atoms with van der Waals surface area (Å²) in [7, 11) is 0. The van der Waals surface area contributed by atoms with Gasteiger partial charge < -0.3 is 104 Å². The number of ether oxygens (including phenoxy) is 8. The molecule has 0 amide bonds. The first-order chi connectivity index (χ1) is 36.9. The Hall–Kier alpha value is -2.83. The van der Waals surface area contributed by atoms with E-state index in [1.807, 2.05) is 20.8 Å². The molecule has 0 aromatic rings. The van der Waals surface area contributed by atoms with Gasteiger partial charge in [-0.05, 0) is 92.8 Å². The Balaban J connectivity index is 1.12. The number of aliphatic carboxylic acids is 1. The first kappa shape index (κ1) is 62.2. The maximum Gasteiger partial charge on any atom is 0.335 e. The first-order valence-electron chi connectivity index (χ1n) is 27.7. The van der Waals surface area contributed by atoms with Gasteiger partial charge in [0, 0.05) is 23.3 Å². The molecule has 24 nitrogen and oxygen atoms in total. The van der Waals surface area contributed by atoms with E-state index in [0.29, 0.717) is 37.7 Å². The van der Waals surface area contributed by atoms with E-state index in [2.05, 4.69) is 26.8 Å². The van der Waals surface area contributed by atoms with Crippen LogP contribution in [0.15, 0.2) is 23.3 Å². The summed E-state index contributed by atoms with van der Waals surface area (Å²) < 4.78 is 48.2. The van der Waals surface area contributed by atoms with Crippen LogP contribution in [0.1, 0.15) is 107 Å². The lowest BCUT2D eigenvalue weighted by atomic mass is 9.33. The minimum Gasteiger partial charge on any atom is -0.479 e. The lowest BCUT2D eigenvalue weighted by molar-refractivity contribution is -0.392. The second-order valence-corrected chi connectivity index (χ2v) is 25.5. The summed E-state index contributed by atoms with van der Waals surface area (Å²) in [5, 5.41) is 143. The molecular formula is C55H86O24. The Morgan fingerprint density at radius 1 is 0.658 bits per heavy atom. The van der Waals surface area contributed by atoms with E-state index in [1.54, 1.807) is 19.9 Å². The standard InChI is InChI=1S/C55H86O24/c1-10-23(2)46(71)79-43-44(72-24(3)60)55(22-59)26(17-50(43,4)5)25-11-12-30-51(6)15-14-32(52(7,21-58)29(51)13-16-53(30,8)54(25,9)18-31(55)61)75-49-41(77-48-38(67)36(65)34(63)28(20-57)74-48)39(68)40(42(78-49)45(69)70)76-47-37(66)35(64)33(62)27(19-56)73-47/h10-11,26-44,47-49,56-59,61-68H,12-22H2,1-9H3,(H,69,70)/b23-10+/t26-,27+,28+,29+,30+,31+,32-,33+,34+,35-,36-,37+,38+,39-,40-,41+,42-,43-,44-,47-,48-,49?,51-,52+,53+,54+,55-/m0/s1. The third-order valence-corrected chi connectivity index (χ3v) is 21.1. The molecule has 1 unspecified atom stereocenters. The van der Waals surface area contributed by atoms with Crippen molar-refractivity contribution in [3.05, 3.63) is 23.3 Å². The van der Waals surface area contributed by atoms with E-state index in [1.165, 1.54) is 6.92 Å². The van der Waals surface area contributed by atoms with E-state index in [0.717, 1.165) is 5.57 Å². The number of carboxylic acids is 1. The molecule has 7 fully saturated rings. The van der Waals surface area contributed by atoms with E-state index < -0.39 is 199 Å². The number of aliphatic hydroxyl groups excluding tert-OH is 12. The SMILES string of the molecule is C/C=C(\C)C(=O)O[C@H]1[C@H](OC(C)=O)[C@]2(CO)[C@H](O)C[C@]3(C)C(=CC[C@@H]4[C@@]5(C)CC[C@H](OC6O[C@H](C(=O)O)[C@@H](O[C@@H]7O[C@H](CO)[C@@H](O)[C@H](O)[C@H]7O)[C@H](O)[C@H]6O[C@@H]6O[C@H](CO)[C@@H](O)[C@H](O)[C@H]6O)[C@](C)(CO)[C@@H]5CC[C@]43C)[C@@H]2CC1(C)C. The van der Waals surface area contributed by atoms with Crippen molar-refractivity contribution in [1.29, 1.82) is 0 Å². The highest BCUT2D eigenvalue weighted by molar-refractivity contribution is 5.87. The van der Waals surface area contributed by atoms with Crippen molar-refractivity contribution in [3.63, 3.8) is 0 Å². The lowest BCUT2D eigenvalue weighted by Crippen LogP contribution is -2.72. The number of esters is 2. The minimum absolute atomic E-state index is 0.0849. The Labute approximate surface area is 459 Å². The van der Waals surface area contributed by atoms with Crippen LogP contribution in [0.3, 0.4) is 0 Å². The second-order valence-electron chi connectivity index (χ2n) is 25.5. The van der Waals surface area contributed by atoms with Crippen molar-refractivity contribution < 1.29 is 119 Å². The van der Waals surface area contributed by atoms with Gasteiger partial charge >= 0.3 is 17.9 Å². The topological polar surface area (TPSA) is 388 Å². The number of hydrogen-bond acceptors (Lipinski definition) is 23. The summed E-state index contributed by atoms with van der Waals surface area (Å²) in [5.41, 5.74) is -3.78. The molecule has 450 valence electrons. The number of allylic oxidation sites excluding steroid dienone is 3. The zero-order valence-corrected chi connectivity index (χ0v) is 46.4. The van der Waals surface area contributed by atoms with Gasteiger partial charge in [-0.2, -0.15) is 0 Å². The van der Waals surface area contributed by atoms with Gasteiger partial charge in [0.2, 0.25) is 0 Å². The number of rotatable bonds is 14. The fourth-order valence-corrected chi connectivity index (χ4v) is 16.2. The van der Waals surface area contributed by atoms with Crippen LogP contribution in [-0.2, 0) is 52.3 Å². The minimum atomic E-state index is -2.18. The normalized spacial score (nSPS) is 50.6. The second kappa shape index (κ2) is 22.6. The summed E-state index contributed by atoms with van der Waals surface area (Å²) in [4.78, 5) is 39.5. The summed E-state index contributed by atoms with van der Waals surface area (Å²) in [6, 6.07) is 0. The third-order valence-electron chi connectivity index (χ3n) is 21.1. The van der Waals surface area contributed by atoms with Crippen molar-refractivity contribution >= 4 is 17.9 Å². The molecule has 3 saturated heterocycles. The zero-order chi connectivity index (χ0) is 58.4. The Morgan fingerprint density at radius 2 is 1.24 bits per heavy atom. The molecule has 13 N–H and O–H groups in total. The van der Waals surface area contributed by atoms with Crippen LogP contribution in [0.4, 0.5) is 0 Å². The summed E-state index contributed by atoms with van der Waals surface area (Å²) in [6.07, 6.45) is -26.5. The van der Waals surface area contributed by atoms with Crippen molar-refractivity contribution in [3.8, 4) is 0 Å². The monoisotopic (exact) mass is 1130 g/mol. The maximum absolute atomic E-state index is 13.4. The highest BCUT2D eigenvalue weighted by Crippen LogP contribution is 2.76. The van der Waals surface area contributed by atoms with Gasteiger partial charge in [-0.1, -0.05) is 59.3 Å². The number of carbonyl (C=O) groups is 3. The predicted octanol–water partition coefficient (Wildman–Crippen LogP) is -1.32. The van der Waals surface area contributed by atoms with Crippen LogP contribution in [0.2, 0.25) is 0 Å². The van der Waals surface area contributed by atoms with E-state index in [4.69, 9.17) is 37.9 Å². The Bertz CT molecular complexity index is 2290. The quantitative estimate of drug-likeness (QED) is 0.0415. The molecule has 0 spiro atoms. The van der Waals surface area contributed by atoms with E-state index in [9.17, 15) is 80.8 Å². The molecule has 0 aromatic carbocycles. The van der Waals surface area contributed by atoms with Gasteiger partial charge in [0.1, 0.15) is 79.4 Å². The van der Waals surface area contributed by atoms with Crippen LogP contribution in [0.5, 0.6) is 0 Å². The van der Waals surface area contributed by atoms with Crippen LogP contribution in [-0.4, -0.2) is 227 Å². The van der Waals surface area contributed by atoms with Crippen molar-refractivity contribution in [2.45, 2.75) is 224 Å². The number of hydrogen-bond donors (Lipinski definition) is 13. The smallest absolute Gasteiger partial charge is 0.335 e. The lowest BCUT2D eigenvalue weighted by Gasteiger charge is -2.72. The Morgan fingerprint density at radius 3 is 1.76 bits per heavy atom. The molecule has 3 heterocycles. The zero-order valence-electron chi connectivity index (χ0n) is 46.4. The molecule has 4 saturated carbocycles. The molecule has 0 aromatic heterocycles. The van der Waals surface area contributed by atoms with Crippen LogP contribution < -0.4 is 0 Å². The van der Waals surface area contributed by atoms with Crippen LogP contribution in [0.25, 0.3) is 0 Å². The summed E-state index contributed by atoms with van der Waals surface area (Å²) in [5.74, 6) is -3.88. The molecule has 5 aliphatic carbocycles. The highest BCUT2D eigenvalue weighted by Gasteiger charge is 2.74. The number of fused-ring (bicyclic) bond motifs is 7. The Kier molecular flexibility index (Phi) is 17.8. The predicted molar refractivity (Wildman–Crippen MR) is 269 cm³/mol.